The highest BCUT2D eigenvalue weighted by molar-refractivity contribution is 9.13. The molecule has 0 saturated heterocycles. The monoisotopic (exact) mass is 363 g/mol. The molecule has 0 aromatic heterocycles. The number of carboxylic acids is 1. The minimum atomic E-state index is -0.861. The van der Waals surface area contributed by atoms with Crippen molar-refractivity contribution >= 4 is 37.8 Å². The maximum Gasteiger partial charge on any atom is 0.325 e. The van der Waals surface area contributed by atoms with Crippen molar-refractivity contribution in [1.82, 2.24) is 5.32 Å². The topological polar surface area (TPSA) is 49.3 Å². The molecule has 3 nitrogen and oxygen atoms in total. The van der Waals surface area contributed by atoms with Gasteiger partial charge in [-0.25, -0.2) is 0 Å². The number of rotatable bonds is 5. The molecule has 0 fully saturated rings. The second-order valence-electron chi connectivity index (χ2n) is 4.25. The number of aliphatic carboxylic acids is 1. The van der Waals surface area contributed by atoms with Crippen LogP contribution in [0.5, 0.6) is 0 Å². The third kappa shape index (κ3) is 4.41. The molecular weight excluding hydrogens is 350 g/mol. The summed E-state index contributed by atoms with van der Waals surface area (Å²) < 4.78 is 1.77. The normalized spacial score (nSPS) is 12.8. The summed E-state index contributed by atoms with van der Waals surface area (Å²) in [6.07, 6.45) is 0. The summed E-state index contributed by atoms with van der Waals surface area (Å²) in [6, 6.07) is 4.80. The zero-order valence-electron chi connectivity index (χ0n) is 9.71. The summed E-state index contributed by atoms with van der Waals surface area (Å²) in [5.41, 5.74) is 0.744. The Morgan fingerprint density at radius 2 is 2.00 bits per heavy atom. The van der Waals surface area contributed by atoms with Gasteiger partial charge in [-0.3, -0.25) is 4.79 Å². The van der Waals surface area contributed by atoms with Crippen LogP contribution in [0.2, 0.25) is 0 Å². The van der Waals surface area contributed by atoms with E-state index in [0.717, 1.165) is 14.5 Å². The van der Waals surface area contributed by atoms with Crippen LogP contribution in [-0.4, -0.2) is 17.6 Å². The molecule has 0 aliphatic rings. The smallest absolute Gasteiger partial charge is 0.325 e. The van der Waals surface area contributed by atoms with Crippen LogP contribution in [0.25, 0.3) is 0 Å². The highest BCUT2D eigenvalue weighted by Gasteiger charge is 2.19. The van der Waals surface area contributed by atoms with Crippen LogP contribution in [-0.2, 0) is 4.79 Å². The van der Waals surface area contributed by atoms with Crippen LogP contribution in [0.1, 0.15) is 25.5 Å². The lowest BCUT2D eigenvalue weighted by atomic mass is 10.1. The summed E-state index contributed by atoms with van der Waals surface area (Å²) >= 11 is 6.74. The molecule has 0 aliphatic heterocycles. The Bertz CT molecular complexity index is 407. The number of carbonyl (C=O) groups is 1. The van der Waals surface area contributed by atoms with Gasteiger partial charge in [0.1, 0.15) is 6.04 Å². The van der Waals surface area contributed by atoms with Crippen LogP contribution < -0.4 is 5.32 Å². The Kier molecular flexibility index (Phi) is 5.62. The van der Waals surface area contributed by atoms with Crippen LogP contribution in [0.3, 0.4) is 0 Å². The van der Waals surface area contributed by atoms with Gasteiger partial charge < -0.3 is 10.4 Å². The fraction of sp³-hybridized carbons (Fsp3) is 0.417. The number of hydrogen-bond acceptors (Lipinski definition) is 2. The van der Waals surface area contributed by atoms with Crippen LogP contribution >= 0.6 is 31.9 Å². The zero-order valence-corrected chi connectivity index (χ0v) is 12.9. The van der Waals surface area contributed by atoms with Gasteiger partial charge in [-0.05, 0) is 62.0 Å². The van der Waals surface area contributed by atoms with Crippen molar-refractivity contribution < 1.29 is 9.90 Å². The molecule has 0 bridgehead atoms. The molecule has 0 spiro atoms. The van der Waals surface area contributed by atoms with E-state index in [-0.39, 0.29) is 0 Å². The molecule has 0 heterocycles. The molecule has 5 heteroatoms. The molecular formula is C12H15Br2NO2. The number of nitrogens with one attached hydrogen (secondary N) is 1. The molecule has 0 saturated carbocycles. The van der Waals surface area contributed by atoms with Gasteiger partial charge in [0.2, 0.25) is 0 Å². The summed E-state index contributed by atoms with van der Waals surface area (Å²) in [5, 5.41) is 12.3. The molecule has 17 heavy (non-hydrogen) atoms. The Hall–Kier alpha value is -0.390. The van der Waals surface area contributed by atoms with Gasteiger partial charge in [-0.1, -0.05) is 19.9 Å². The SMILES string of the molecule is CC(C)CNC(C(=O)O)c1ccc(Br)c(Br)c1. The summed E-state index contributed by atoms with van der Waals surface area (Å²) in [7, 11) is 0. The average molecular weight is 365 g/mol. The van der Waals surface area contributed by atoms with Gasteiger partial charge in [-0.2, -0.15) is 0 Å². The van der Waals surface area contributed by atoms with Crippen molar-refractivity contribution in [1.29, 1.82) is 0 Å². The molecule has 2 N–H and O–H groups in total. The molecule has 0 amide bonds. The first-order valence-corrected chi connectivity index (χ1v) is 6.91. The Labute approximate surface area is 118 Å². The van der Waals surface area contributed by atoms with Crippen LogP contribution in [0.15, 0.2) is 27.1 Å². The lowest BCUT2D eigenvalue weighted by Crippen LogP contribution is -2.31. The van der Waals surface area contributed by atoms with E-state index >= 15 is 0 Å². The van der Waals surface area contributed by atoms with Gasteiger partial charge in [-0.15, -0.1) is 0 Å². The molecule has 0 aliphatic carbocycles. The third-order valence-corrected chi connectivity index (χ3v) is 4.13. The second kappa shape index (κ2) is 6.52. The third-order valence-electron chi connectivity index (χ3n) is 2.25. The minimum Gasteiger partial charge on any atom is -0.480 e. The fourth-order valence-electron chi connectivity index (χ4n) is 1.39. The van der Waals surface area contributed by atoms with Gasteiger partial charge >= 0.3 is 5.97 Å². The quantitative estimate of drug-likeness (QED) is 0.839. The van der Waals surface area contributed by atoms with Crippen LogP contribution in [0.4, 0.5) is 0 Å². The lowest BCUT2D eigenvalue weighted by Gasteiger charge is -2.17. The number of hydrogen-bond donors (Lipinski definition) is 2. The van der Waals surface area contributed by atoms with E-state index in [0.29, 0.717) is 12.5 Å². The van der Waals surface area contributed by atoms with Gasteiger partial charge in [0.05, 0.1) is 0 Å². The first kappa shape index (κ1) is 14.7. The highest BCUT2D eigenvalue weighted by Crippen LogP contribution is 2.26. The van der Waals surface area contributed by atoms with Crippen molar-refractivity contribution in [2.24, 2.45) is 5.92 Å². The molecule has 1 rings (SSSR count). The summed E-state index contributed by atoms with van der Waals surface area (Å²) in [6.45, 7) is 4.76. The predicted molar refractivity (Wildman–Crippen MR) is 75.1 cm³/mol. The number of benzene rings is 1. The van der Waals surface area contributed by atoms with Crippen molar-refractivity contribution in [3.05, 3.63) is 32.7 Å². The van der Waals surface area contributed by atoms with Gasteiger partial charge in [0.15, 0.2) is 0 Å². The minimum absolute atomic E-state index is 0.413. The molecule has 1 unspecified atom stereocenters. The zero-order chi connectivity index (χ0) is 13.0. The van der Waals surface area contributed by atoms with Crippen molar-refractivity contribution in [3.63, 3.8) is 0 Å². The largest absolute Gasteiger partial charge is 0.480 e. The van der Waals surface area contributed by atoms with E-state index in [1.54, 1.807) is 6.07 Å². The van der Waals surface area contributed by atoms with Crippen molar-refractivity contribution in [3.8, 4) is 0 Å². The number of carboxylic acid groups (broad SMARTS) is 1. The maximum atomic E-state index is 11.2. The molecule has 0 radical (unpaired) electrons. The molecule has 1 aromatic rings. The number of halogens is 2. The predicted octanol–water partition coefficient (Wildman–Crippen LogP) is 3.58. The van der Waals surface area contributed by atoms with E-state index < -0.39 is 12.0 Å². The standard InChI is InChI=1S/C12H15Br2NO2/c1-7(2)6-15-11(12(16)17)8-3-4-9(13)10(14)5-8/h3-5,7,11,15H,6H2,1-2H3,(H,16,17). The molecule has 1 atom stereocenters. The lowest BCUT2D eigenvalue weighted by molar-refractivity contribution is -0.139. The van der Waals surface area contributed by atoms with E-state index in [9.17, 15) is 9.90 Å². The van der Waals surface area contributed by atoms with E-state index in [4.69, 9.17) is 0 Å². The van der Waals surface area contributed by atoms with Crippen LogP contribution in [0, 0.1) is 5.92 Å². The Morgan fingerprint density at radius 1 is 1.35 bits per heavy atom. The summed E-state index contributed by atoms with van der Waals surface area (Å²) in [4.78, 5) is 11.2. The first-order chi connectivity index (χ1) is 7.91. The first-order valence-electron chi connectivity index (χ1n) is 5.33. The highest BCUT2D eigenvalue weighted by atomic mass is 79.9. The summed E-state index contributed by atoms with van der Waals surface area (Å²) in [5.74, 6) is -0.449. The van der Waals surface area contributed by atoms with E-state index in [2.05, 4.69) is 37.2 Å². The second-order valence-corrected chi connectivity index (χ2v) is 5.96. The Morgan fingerprint density at radius 3 is 2.47 bits per heavy atom. The van der Waals surface area contributed by atoms with Gasteiger partial charge in [0.25, 0.3) is 0 Å². The molecule has 94 valence electrons. The van der Waals surface area contributed by atoms with E-state index in [1.807, 2.05) is 26.0 Å². The Balaban J connectivity index is 2.89. The fourth-order valence-corrected chi connectivity index (χ4v) is 2.04. The van der Waals surface area contributed by atoms with Crippen molar-refractivity contribution in [2.45, 2.75) is 19.9 Å². The average Bonchev–Trinajstić information content (AvgIpc) is 2.22. The maximum absolute atomic E-state index is 11.2. The molecule has 1 aromatic carbocycles. The van der Waals surface area contributed by atoms with E-state index in [1.165, 1.54) is 0 Å². The van der Waals surface area contributed by atoms with Gasteiger partial charge in [0, 0.05) is 8.95 Å². The van der Waals surface area contributed by atoms with Crippen molar-refractivity contribution in [2.75, 3.05) is 6.54 Å².